The van der Waals surface area contributed by atoms with Gasteiger partial charge in [0.1, 0.15) is 5.52 Å². The van der Waals surface area contributed by atoms with Crippen molar-refractivity contribution < 1.29 is 9.53 Å². The highest BCUT2D eigenvalue weighted by atomic mass is 16.5. The Morgan fingerprint density at radius 3 is 2.82 bits per heavy atom. The molecule has 34 heavy (non-hydrogen) atoms. The Bertz CT molecular complexity index is 1430. The average molecular weight is 459 g/mol. The van der Waals surface area contributed by atoms with Gasteiger partial charge in [0.25, 0.3) is 5.91 Å². The van der Waals surface area contributed by atoms with Crippen LogP contribution in [0.4, 0.5) is 0 Å². The van der Waals surface area contributed by atoms with Crippen molar-refractivity contribution in [2.75, 3.05) is 20.2 Å². The minimum absolute atomic E-state index is 0.0458. The number of methoxy groups -OCH3 is 1. The number of nitrogens with two attached hydrogens (primary N) is 1. The zero-order valence-corrected chi connectivity index (χ0v) is 19.9. The SMILES string of the molecule is COc1nccc2cc(-c3nc4cc5c(cc4n3C)CCN(C[C@@H](C)N)C5=O)n(CC3CC3)c12. The van der Waals surface area contributed by atoms with Crippen LogP contribution in [0.15, 0.2) is 30.5 Å². The molecule has 1 aliphatic carbocycles. The highest BCUT2D eigenvalue weighted by Gasteiger charge is 2.29. The van der Waals surface area contributed by atoms with Crippen LogP contribution in [0.2, 0.25) is 0 Å². The van der Waals surface area contributed by atoms with Crippen LogP contribution < -0.4 is 10.5 Å². The van der Waals surface area contributed by atoms with Crippen molar-refractivity contribution in [3.63, 3.8) is 0 Å². The Labute approximate surface area is 198 Å². The van der Waals surface area contributed by atoms with Gasteiger partial charge in [0.05, 0.1) is 23.8 Å². The third kappa shape index (κ3) is 3.36. The Hall–Kier alpha value is -3.39. The molecule has 0 saturated heterocycles. The predicted octanol–water partition coefficient (Wildman–Crippen LogP) is 3.35. The van der Waals surface area contributed by atoms with E-state index in [1.807, 2.05) is 24.0 Å². The molecular weight excluding hydrogens is 428 g/mol. The molecule has 0 unspecified atom stereocenters. The molecule has 0 spiro atoms. The van der Waals surface area contributed by atoms with Crippen molar-refractivity contribution in [3.8, 4) is 17.4 Å². The summed E-state index contributed by atoms with van der Waals surface area (Å²) in [5, 5.41) is 1.09. The van der Waals surface area contributed by atoms with E-state index < -0.39 is 0 Å². The maximum absolute atomic E-state index is 13.1. The summed E-state index contributed by atoms with van der Waals surface area (Å²) in [6, 6.07) is 8.25. The quantitative estimate of drug-likeness (QED) is 0.478. The van der Waals surface area contributed by atoms with Gasteiger partial charge in [-0.15, -0.1) is 0 Å². The summed E-state index contributed by atoms with van der Waals surface area (Å²) in [5.74, 6) is 2.25. The number of amides is 1. The minimum atomic E-state index is -0.0458. The van der Waals surface area contributed by atoms with E-state index in [4.69, 9.17) is 15.5 Å². The van der Waals surface area contributed by atoms with E-state index in [2.05, 4.69) is 33.3 Å². The van der Waals surface area contributed by atoms with Crippen LogP contribution in [0.25, 0.3) is 33.5 Å². The maximum atomic E-state index is 13.1. The second kappa shape index (κ2) is 7.84. The molecule has 8 nitrogen and oxygen atoms in total. The van der Waals surface area contributed by atoms with E-state index >= 15 is 0 Å². The Morgan fingerprint density at radius 1 is 1.26 bits per heavy atom. The predicted molar refractivity (Wildman–Crippen MR) is 132 cm³/mol. The molecule has 8 heteroatoms. The summed E-state index contributed by atoms with van der Waals surface area (Å²) in [7, 11) is 3.72. The first-order valence-corrected chi connectivity index (χ1v) is 12.0. The van der Waals surface area contributed by atoms with E-state index in [1.165, 1.54) is 12.8 Å². The molecule has 4 heterocycles. The van der Waals surface area contributed by atoms with Crippen molar-refractivity contribution in [1.29, 1.82) is 0 Å². The van der Waals surface area contributed by atoms with E-state index in [9.17, 15) is 4.79 Å². The average Bonchev–Trinajstić information content (AvgIpc) is 3.49. The van der Waals surface area contributed by atoms with Gasteiger partial charge in [-0.1, -0.05) is 0 Å². The monoisotopic (exact) mass is 458 g/mol. The molecule has 1 amide bonds. The number of rotatable bonds is 6. The molecule has 2 aliphatic rings. The summed E-state index contributed by atoms with van der Waals surface area (Å²) in [6.45, 7) is 4.13. The highest BCUT2D eigenvalue weighted by molar-refractivity contribution is 6.00. The van der Waals surface area contributed by atoms with Crippen LogP contribution in [-0.4, -0.2) is 56.2 Å². The Balaban J connectivity index is 1.50. The first-order valence-electron chi connectivity index (χ1n) is 12.0. The van der Waals surface area contributed by atoms with Crippen LogP contribution in [0.5, 0.6) is 5.88 Å². The van der Waals surface area contributed by atoms with Gasteiger partial charge in [-0.05, 0) is 61.9 Å². The molecule has 1 fully saturated rings. The van der Waals surface area contributed by atoms with E-state index in [0.717, 1.165) is 57.5 Å². The van der Waals surface area contributed by atoms with Gasteiger partial charge in [-0.25, -0.2) is 9.97 Å². The van der Waals surface area contributed by atoms with Crippen molar-refractivity contribution in [2.24, 2.45) is 18.7 Å². The molecule has 1 aliphatic heterocycles. The smallest absolute Gasteiger partial charge is 0.254 e. The highest BCUT2D eigenvalue weighted by Crippen LogP contribution is 2.38. The number of benzene rings is 1. The number of hydrogen-bond donors (Lipinski definition) is 1. The number of aryl methyl sites for hydroxylation is 1. The molecule has 1 saturated carbocycles. The van der Waals surface area contributed by atoms with Crippen molar-refractivity contribution in [1.82, 2.24) is 24.0 Å². The van der Waals surface area contributed by atoms with Crippen LogP contribution in [0, 0.1) is 5.92 Å². The number of pyridine rings is 1. The first-order chi connectivity index (χ1) is 16.4. The summed E-state index contributed by atoms with van der Waals surface area (Å²) in [5.41, 5.74) is 11.7. The zero-order valence-electron chi connectivity index (χ0n) is 19.9. The molecule has 2 N–H and O–H groups in total. The van der Waals surface area contributed by atoms with Crippen LogP contribution in [0.3, 0.4) is 0 Å². The lowest BCUT2D eigenvalue weighted by atomic mass is 9.97. The molecule has 0 radical (unpaired) electrons. The number of imidazole rings is 1. The van der Waals surface area contributed by atoms with Gasteiger partial charge in [0.15, 0.2) is 5.82 Å². The van der Waals surface area contributed by atoms with Gasteiger partial charge >= 0.3 is 0 Å². The zero-order chi connectivity index (χ0) is 23.6. The van der Waals surface area contributed by atoms with Gasteiger partial charge in [-0.2, -0.15) is 0 Å². The number of hydrogen-bond acceptors (Lipinski definition) is 5. The molecule has 1 atom stereocenters. The summed E-state index contributed by atoms with van der Waals surface area (Å²) < 4.78 is 10.1. The number of fused-ring (bicyclic) bond motifs is 3. The fourth-order valence-corrected chi connectivity index (χ4v) is 5.23. The fraction of sp³-hybridized carbons (Fsp3) is 0.423. The second-order valence-electron chi connectivity index (χ2n) is 9.81. The minimum Gasteiger partial charge on any atom is -0.479 e. The summed E-state index contributed by atoms with van der Waals surface area (Å²) in [4.78, 5) is 24.5. The number of aromatic nitrogens is 4. The summed E-state index contributed by atoms with van der Waals surface area (Å²) in [6.07, 6.45) is 5.11. The molecule has 4 aromatic rings. The van der Waals surface area contributed by atoms with E-state index in [0.29, 0.717) is 24.9 Å². The lowest BCUT2D eigenvalue weighted by molar-refractivity contribution is 0.0732. The Morgan fingerprint density at radius 2 is 2.09 bits per heavy atom. The van der Waals surface area contributed by atoms with E-state index in [1.54, 1.807) is 13.3 Å². The standard InChI is InChI=1S/C26H30N6O2/c1-15(27)13-31-9-7-17-10-21-20(12-19(17)26(31)33)29-24(30(21)2)22-11-18-6-8-28-25(34-3)23(18)32(22)14-16-4-5-16/h6,8,10-12,15-16H,4-5,7,9,13-14,27H2,1-3H3/t15-/m1/s1. The van der Waals surface area contributed by atoms with E-state index in [-0.39, 0.29) is 11.9 Å². The van der Waals surface area contributed by atoms with Gasteiger partial charge in [-0.3, -0.25) is 4.79 Å². The lowest BCUT2D eigenvalue weighted by Gasteiger charge is -2.29. The number of ether oxygens (including phenoxy) is 1. The fourth-order valence-electron chi connectivity index (χ4n) is 5.23. The van der Waals surface area contributed by atoms with Crippen LogP contribution in [0.1, 0.15) is 35.7 Å². The molecule has 1 aromatic carbocycles. The summed E-state index contributed by atoms with van der Waals surface area (Å²) >= 11 is 0. The normalized spacial score (nSPS) is 16.9. The van der Waals surface area contributed by atoms with Crippen LogP contribution in [-0.2, 0) is 20.0 Å². The number of nitrogens with zero attached hydrogens (tertiary/aromatic N) is 5. The van der Waals surface area contributed by atoms with Gasteiger partial charge in [0, 0.05) is 49.9 Å². The second-order valence-corrected chi connectivity index (χ2v) is 9.81. The molecule has 176 valence electrons. The van der Waals surface area contributed by atoms with Crippen molar-refractivity contribution >= 4 is 27.8 Å². The lowest BCUT2D eigenvalue weighted by Crippen LogP contribution is -2.43. The van der Waals surface area contributed by atoms with Gasteiger partial charge in [0.2, 0.25) is 5.88 Å². The van der Waals surface area contributed by atoms with Gasteiger partial charge < -0.3 is 24.5 Å². The largest absolute Gasteiger partial charge is 0.479 e. The van der Waals surface area contributed by atoms with Crippen molar-refractivity contribution in [2.45, 2.75) is 38.8 Å². The Kier molecular flexibility index (Phi) is 4.88. The van der Waals surface area contributed by atoms with Crippen molar-refractivity contribution in [3.05, 3.63) is 41.6 Å². The molecule has 3 aromatic heterocycles. The molecule has 6 rings (SSSR count). The maximum Gasteiger partial charge on any atom is 0.254 e. The number of carbonyl (C=O) groups is 1. The topological polar surface area (TPSA) is 91.2 Å². The van der Waals surface area contributed by atoms with Crippen LogP contribution >= 0.6 is 0 Å². The third-order valence-corrected chi connectivity index (χ3v) is 7.12. The number of carbonyl (C=O) groups excluding carboxylic acids is 1. The first kappa shape index (κ1) is 21.2. The molecule has 0 bridgehead atoms. The third-order valence-electron chi connectivity index (χ3n) is 7.12. The molecular formula is C26H30N6O2.